The van der Waals surface area contributed by atoms with Crippen LogP contribution in [0.1, 0.15) is 16.7 Å². The fourth-order valence-corrected chi connectivity index (χ4v) is 4.76. The summed E-state index contributed by atoms with van der Waals surface area (Å²) >= 11 is 19.3. The molecule has 32 heavy (non-hydrogen) atoms. The van der Waals surface area contributed by atoms with Crippen molar-refractivity contribution < 1.29 is 9.53 Å². The number of nitrogens with one attached hydrogen (secondary N) is 1. The molecule has 0 atom stereocenters. The molecule has 0 heterocycles. The lowest BCUT2D eigenvalue weighted by Gasteiger charge is -2.13. The van der Waals surface area contributed by atoms with Crippen LogP contribution in [0.2, 0.25) is 10.0 Å². The van der Waals surface area contributed by atoms with Gasteiger partial charge in [-0.25, -0.2) is 0 Å². The first-order valence-electron chi connectivity index (χ1n) is 9.33. The average molecular weight is 595 g/mol. The summed E-state index contributed by atoms with van der Waals surface area (Å²) in [7, 11) is 0. The summed E-state index contributed by atoms with van der Waals surface area (Å²) < 4.78 is 7.23. The Balaban J connectivity index is 1.81. The van der Waals surface area contributed by atoms with Crippen molar-refractivity contribution in [2.75, 3.05) is 5.32 Å². The molecule has 1 amide bonds. The first kappa shape index (κ1) is 24.3. The number of ether oxygens (including phenoxy) is 1. The Kier molecular flexibility index (Phi) is 8.38. The smallest absolute Gasteiger partial charge is 0.266 e. The van der Waals surface area contributed by atoms with Crippen LogP contribution in [-0.4, -0.2) is 5.91 Å². The monoisotopic (exact) mass is 592 g/mol. The van der Waals surface area contributed by atoms with Crippen LogP contribution in [0.15, 0.2) is 69.1 Å². The number of aryl methyl sites for hydroxylation is 1. The van der Waals surface area contributed by atoms with Crippen molar-refractivity contribution in [3.8, 4) is 11.8 Å². The molecule has 0 aromatic heterocycles. The molecule has 1 N–H and O–H groups in total. The minimum atomic E-state index is -0.546. The molecule has 3 rings (SSSR count). The maximum atomic E-state index is 12.7. The number of benzene rings is 3. The first-order chi connectivity index (χ1) is 15.3. The Morgan fingerprint density at radius 2 is 1.75 bits per heavy atom. The van der Waals surface area contributed by atoms with Crippen molar-refractivity contribution in [1.29, 1.82) is 5.26 Å². The summed E-state index contributed by atoms with van der Waals surface area (Å²) in [5.74, 6) is 0.0340. The molecule has 162 valence electrons. The number of halogens is 4. The van der Waals surface area contributed by atoms with Crippen molar-refractivity contribution >= 4 is 72.7 Å². The van der Waals surface area contributed by atoms with Crippen LogP contribution in [0.4, 0.5) is 5.69 Å². The van der Waals surface area contributed by atoms with Gasteiger partial charge in [0.25, 0.3) is 5.91 Å². The lowest BCUT2D eigenvalue weighted by atomic mass is 10.1. The second-order valence-corrected chi connectivity index (χ2v) is 9.27. The second kappa shape index (κ2) is 11.0. The number of carbonyl (C=O) groups is 1. The zero-order chi connectivity index (χ0) is 23.3. The normalized spacial score (nSPS) is 11.1. The topological polar surface area (TPSA) is 62.1 Å². The Bertz CT molecular complexity index is 1210. The van der Waals surface area contributed by atoms with E-state index >= 15 is 0 Å². The maximum Gasteiger partial charge on any atom is 0.266 e. The van der Waals surface area contributed by atoms with Crippen molar-refractivity contribution in [1.82, 2.24) is 0 Å². The second-order valence-electron chi connectivity index (χ2n) is 6.75. The van der Waals surface area contributed by atoms with Crippen molar-refractivity contribution in [2.24, 2.45) is 0 Å². The van der Waals surface area contributed by atoms with E-state index in [1.807, 2.05) is 37.3 Å². The number of rotatable bonds is 6. The third kappa shape index (κ3) is 5.93. The molecule has 0 aliphatic carbocycles. The largest absolute Gasteiger partial charge is 0.486 e. The van der Waals surface area contributed by atoms with E-state index in [-0.39, 0.29) is 12.2 Å². The molecule has 0 radical (unpaired) electrons. The van der Waals surface area contributed by atoms with Gasteiger partial charge in [0, 0.05) is 10.6 Å². The third-order valence-electron chi connectivity index (χ3n) is 4.49. The van der Waals surface area contributed by atoms with Crippen LogP contribution >= 0.6 is 55.1 Å². The predicted molar refractivity (Wildman–Crippen MR) is 136 cm³/mol. The highest BCUT2D eigenvalue weighted by Crippen LogP contribution is 2.36. The maximum absolute atomic E-state index is 12.7. The molecule has 0 bridgehead atoms. The summed E-state index contributed by atoms with van der Waals surface area (Å²) in [5.41, 5.74) is 2.71. The van der Waals surface area contributed by atoms with E-state index in [1.165, 1.54) is 6.08 Å². The molecule has 0 saturated heterocycles. The van der Waals surface area contributed by atoms with E-state index in [1.54, 1.807) is 30.3 Å². The van der Waals surface area contributed by atoms with Crippen LogP contribution < -0.4 is 10.1 Å². The van der Waals surface area contributed by atoms with Gasteiger partial charge in [0.2, 0.25) is 0 Å². The van der Waals surface area contributed by atoms with Crippen molar-refractivity contribution in [2.45, 2.75) is 13.5 Å². The summed E-state index contributed by atoms with van der Waals surface area (Å²) in [4.78, 5) is 12.7. The zero-order valence-electron chi connectivity index (χ0n) is 16.8. The van der Waals surface area contributed by atoms with E-state index in [2.05, 4.69) is 37.2 Å². The highest BCUT2D eigenvalue weighted by Gasteiger charge is 2.15. The summed E-state index contributed by atoms with van der Waals surface area (Å²) in [6, 6.07) is 18.2. The van der Waals surface area contributed by atoms with Gasteiger partial charge in [-0.3, -0.25) is 4.79 Å². The Morgan fingerprint density at radius 3 is 2.38 bits per heavy atom. The highest BCUT2D eigenvalue weighted by molar-refractivity contribution is 9.11. The van der Waals surface area contributed by atoms with Gasteiger partial charge in [-0.15, -0.1) is 0 Å². The number of hydrogen-bond donors (Lipinski definition) is 1. The molecule has 4 nitrogen and oxygen atoms in total. The van der Waals surface area contributed by atoms with E-state index in [0.717, 1.165) is 11.1 Å². The fourth-order valence-electron chi connectivity index (χ4n) is 2.85. The summed E-state index contributed by atoms with van der Waals surface area (Å²) in [6.07, 6.45) is 1.49. The van der Waals surface area contributed by atoms with E-state index in [4.69, 9.17) is 27.9 Å². The standard InChI is InChI=1S/C24H16Br2Cl2N2O2/c1-14-5-4-8-21(28)22(14)30-24(31)17(12-29)9-15-10-18(25)23(19(26)11-15)32-13-16-6-2-3-7-20(16)27/h2-11H,13H2,1H3,(H,30,31)/b17-9+. The predicted octanol–water partition coefficient (Wildman–Crippen LogP) is 7.95. The van der Waals surface area contributed by atoms with Crippen LogP contribution in [0.25, 0.3) is 6.08 Å². The third-order valence-corrected chi connectivity index (χ3v) is 6.35. The molecule has 8 heteroatoms. The molecule has 0 aliphatic rings. The number of amides is 1. The Morgan fingerprint density at radius 1 is 1.09 bits per heavy atom. The zero-order valence-corrected chi connectivity index (χ0v) is 21.4. The molecule has 0 aliphatic heterocycles. The number of nitriles is 1. The van der Waals surface area contributed by atoms with E-state index in [0.29, 0.717) is 36.0 Å². The summed E-state index contributed by atoms with van der Waals surface area (Å²) in [6.45, 7) is 2.11. The Hall–Kier alpha value is -2.30. The fraction of sp³-hybridized carbons (Fsp3) is 0.0833. The van der Waals surface area contributed by atoms with Crippen LogP contribution in [-0.2, 0) is 11.4 Å². The molecule has 0 unspecified atom stereocenters. The molecule has 0 spiro atoms. The van der Waals surface area contributed by atoms with Gasteiger partial charge in [0.1, 0.15) is 24.0 Å². The van der Waals surface area contributed by atoms with Gasteiger partial charge in [-0.2, -0.15) is 5.26 Å². The first-order valence-corrected chi connectivity index (χ1v) is 11.7. The average Bonchev–Trinajstić information content (AvgIpc) is 2.75. The number of nitrogens with zero attached hydrogens (tertiary/aromatic N) is 1. The van der Waals surface area contributed by atoms with Crippen molar-refractivity contribution in [3.05, 3.63) is 95.9 Å². The van der Waals surface area contributed by atoms with Gasteiger partial charge in [-0.05, 0) is 80.3 Å². The van der Waals surface area contributed by atoms with Gasteiger partial charge in [0.05, 0.1) is 19.7 Å². The van der Waals surface area contributed by atoms with Gasteiger partial charge in [0.15, 0.2) is 0 Å². The molecule has 3 aromatic rings. The van der Waals surface area contributed by atoms with Gasteiger partial charge < -0.3 is 10.1 Å². The molecule has 0 fully saturated rings. The lowest BCUT2D eigenvalue weighted by Crippen LogP contribution is -2.14. The SMILES string of the molecule is Cc1cccc(Cl)c1NC(=O)/C(C#N)=C/c1cc(Br)c(OCc2ccccc2Cl)c(Br)c1. The summed E-state index contributed by atoms with van der Waals surface area (Å²) in [5, 5.41) is 13.3. The van der Waals surface area contributed by atoms with Gasteiger partial charge >= 0.3 is 0 Å². The molecule has 0 saturated carbocycles. The van der Waals surface area contributed by atoms with E-state index in [9.17, 15) is 10.1 Å². The number of carbonyl (C=O) groups excluding carboxylic acids is 1. The highest BCUT2D eigenvalue weighted by atomic mass is 79.9. The Labute approximate surface area is 213 Å². The molecule has 3 aromatic carbocycles. The molecular formula is C24H16Br2Cl2N2O2. The van der Waals surface area contributed by atoms with Crippen LogP contribution in [0, 0.1) is 18.3 Å². The van der Waals surface area contributed by atoms with Crippen LogP contribution in [0.3, 0.4) is 0 Å². The minimum absolute atomic E-state index is 0.0622. The number of para-hydroxylation sites is 1. The van der Waals surface area contributed by atoms with Gasteiger partial charge in [-0.1, -0.05) is 53.5 Å². The van der Waals surface area contributed by atoms with Crippen LogP contribution in [0.5, 0.6) is 5.75 Å². The number of hydrogen-bond acceptors (Lipinski definition) is 3. The quantitative estimate of drug-likeness (QED) is 0.233. The van der Waals surface area contributed by atoms with Crippen molar-refractivity contribution in [3.63, 3.8) is 0 Å². The number of anilines is 1. The lowest BCUT2D eigenvalue weighted by molar-refractivity contribution is -0.112. The minimum Gasteiger partial charge on any atom is -0.486 e. The van der Waals surface area contributed by atoms with E-state index < -0.39 is 5.91 Å². The molecular weight excluding hydrogens is 579 g/mol.